The number of hydrogen-bond donors (Lipinski definition) is 0. The van der Waals surface area contributed by atoms with Crippen molar-refractivity contribution in [2.24, 2.45) is 0 Å². The first-order valence-corrected chi connectivity index (χ1v) is 9.88. The summed E-state index contributed by atoms with van der Waals surface area (Å²) >= 11 is 0. The van der Waals surface area contributed by atoms with Gasteiger partial charge in [-0.05, 0) is 41.0 Å². The molecule has 0 radical (unpaired) electrons. The highest BCUT2D eigenvalue weighted by Gasteiger charge is 2.33. The van der Waals surface area contributed by atoms with Crippen molar-refractivity contribution < 1.29 is 12.8 Å². The van der Waals surface area contributed by atoms with E-state index in [-0.39, 0.29) is 16.6 Å². The number of benzene rings is 3. The van der Waals surface area contributed by atoms with Crippen LogP contribution in [0.5, 0.6) is 0 Å². The van der Waals surface area contributed by atoms with Crippen LogP contribution in [0.25, 0.3) is 0 Å². The number of hydrogen-bond acceptors (Lipinski definition) is 2. The van der Waals surface area contributed by atoms with Crippen molar-refractivity contribution in [3.63, 3.8) is 0 Å². The fourth-order valence-corrected chi connectivity index (χ4v) is 4.93. The second kappa shape index (κ2) is 6.67. The van der Waals surface area contributed by atoms with E-state index in [1.165, 1.54) is 16.4 Å². The van der Waals surface area contributed by atoms with Crippen LogP contribution in [-0.4, -0.2) is 19.3 Å². The smallest absolute Gasteiger partial charge is 0.207 e. The molecular formula is C21H18FNO2S. The molecule has 26 heavy (non-hydrogen) atoms. The largest absolute Gasteiger partial charge is 0.243 e. The van der Waals surface area contributed by atoms with E-state index in [0.29, 0.717) is 13.1 Å². The van der Waals surface area contributed by atoms with E-state index in [0.717, 1.165) is 16.7 Å². The molecule has 1 heterocycles. The van der Waals surface area contributed by atoms with Gasteiger partial charge in [0.1, 0.15) is 5.82 Å². The zero-order valence-corrected chi connectivity index (χ0v) is 14.9. The molecule has 0 amide bonds. The summed E-state index contributed by atoms with van der Waals surface area (Å²) in [7, 11) is -3.59. The van der Waals surface area contributed by atoms with Crippen molar-refractivity contribution >= 4 is 10.0 Å². The lowest BCUT2D eigenvalue weighted by Gasteiger charge is -2.34. The minimum atomic E-state index is -3.59. The van der Waals surface area contributed by atoms with Crippen LogP contribution in [-0.2, 0) is 16.6 Å². The molecule has 3 aromatic carbocycles. The molecule has 3 aromatic rings. The first kappa shape index (κ1) is 16.9. The number of nitrogens with zero attached hydrogens (tertiary/aromatic N) is 1. The van der Waals surface area contributed by atoms with Gasteiger partial charge in [0, 0.05) is 19.0 Å². The second-order valence-corrected chi connectivity index (χ2v) is 8.35. The van der Waals surface area contributed by atoms with Gasteiger partial charge in [-0.2, -0.15) is 4.31 Å². The van der Waals surface area contributed by atoms with Gasteiger partial charge in [0.25, 0.3) is 0 Å². The zero-order chi connectivity index (χ0) is 18.1. The summed E-state index contributed by atoms with van der Waals surface area (Å²) in [5.41, 5.74) is 2.98. The number of sulfonamides is 1. The molecule has 1 aliphatic heterocycles. The lowest BCUT2D eigenvalue weighted by atomic mass is 9.85. The lowest BCUT2D eigenvalue weighted by Crippen LogP contribution is -2.38. The summed E-state index contributed by atoms with van der Waals surface area (Å²) in [4.78, 5) is 0.289. The van der Waals surface area contributed by atoms with E-state index in [1.54, 1.807) is 42.5 Å². The van der Waals surface area contributed by atoms with Gasteiger partial charge >= 0.3 is 0 Å². The van der Waals surface area contributed by atoms with Crippen LogP contribution in [0.4, 0.5) is 4.39 Å². The fourth-order valence-electron chi connectivity index (χ4n) is 3.48. The topological polar surface area (TPSA) is 37.4 Å². The van der Waals surface area contributed by atoms with Crippen LogP contribution in [0.15, 0.2) is 83.8 Å². The molecule has 5 heteroatoms. The Morgan fingerprint density at radius 2 is 1.50 bits per heavy atom. The number of halogens is 1. The van der Waals surface area contributed by atoms with E-state index in [4.69, 9.17) is 0 Å². The summed E-state index contributed by atoms with van der Waals surface area (Å²) in [5, 5.41) is 0. The molecule has 3 nitrogen and oxygen atoms in total. The highest BCUT2D eigenvalue weighted by molar-refractivity contribution is 7.89. The maximum atomic E-state index is 13.3. The second-order valence-electron chi connectivity index (χ2n) is 6.41. The predicted octanol–water partition coefficient (Wildman–Crippen LogP) is 4.16. The number of fused-ring (bicyclic) bond motifs is 1. The first-order valence-electron chi connectivity index (χ1n) is 8.44. The molecule has 132 valence electrons. The molecule has 0 bridgehead atoms. The van der Waals surface area contributed by atoms with Gasteiger partial charge in [-0.1, -0.05) is 54.6 Å². The summed E-state index contributed by atoms with van der Waals surface area (Å²) in [5.74, 6) is -0.425. The van der Waals surface area contributed by atoms with Gasteiger partial charge in [-0.25, -0.2) is 12.8 Å². The summed E-state index contributed by atoms with van der Waals surface area (Å²) in [6.45, 7) is 0.672. The van der Waals surface area contributed by atoms with Crippen molar-refractivity contribution in [1.82, 2.24) is 4.31 Å². The van der Waals surface area contributed by atoms with E-state index < -0.39 is 10.0 Å². The van der Waals surface area contributed by atoms with Gasteiger partial charge < -0.3 is 0 Å². The van der Waals surface area contributed by atoms with E-state index in [9.17, 15) is 12.8 Å². The minimum absolute atomic E-state index is 0.126. The molecule has 0 saturated carbocycles. The third kappa shape index (κ3) is 3.04. The van der Waals surface area contributed by atoms with Crippen LogP contribution in [0.3, 0.4) is 0 Å². The summed E-state index contributed by atoms with van der Waals surface area (Å²) < 4.78 is 41.0. The normalized spacial score (nSPS) is 17.7. The van der Waals surface area contributed by atoms with Crippen molar-refractivity contribution in [3.05, 3.63) is 101 Å². The average molecular weight is 367 g/mol. The van der Waals surface area contributed by atoms with Crippen molar-refractivity contribution in [3.8, 4) is 0 Å². The Hall–Kier alpha value is -2.50. The zero-order valence-electron chi connectivity index (χ0n) is 14.0. The standard InChI is InChI=1S/C21H18FNO2S/c22-18-12-10-16(11-13-18)21-15-23(14-17-6-4-5-9-20(17)21)26(24,25)19-7-2-1-3-8-19/h1-13,21H,14-15H2. The van der Waals surface area contributed by atoms with Gasteiger partial charge in [-0.15, -0.1) is 0 Å². The van der Waals surface area contributed by atoms with Gasteiger partial charge in [0.15, 0.2) is 0 Å². The quantitative estimate of drug-likeness (QED) is 0.697. The fraction of sp³-hybridized carbons (Fsp3) is 0.143. The van der Waals surface area contributed by atoms with Gasteiger partial charge in [0.05, 0.1) is 4.90 Å². The van der Waals surface area contributed by atoms with E-state index in [2.05, 4.69) is 0 Å². The molecule has 4 rings (SSSR count). The Morgan fingerprint density at radius 1 is 0.846 bits per heavy atom. The lowest BCUT2D eigenvalue weighted by molar-refractivity contribution is 0.371. The first-order chi connectivity index (χ1) is 12.6. The molecule has 0 spiro atoms. The average Bonchev–Trinajstić information content (AvgIpc) is 2.68. The molecule has 0 N–H and O–H groups in total. The Bertz CT molecular complexity index is 1020. The van der Waals surface area contributed by atoms with Crippen molar-refractivity contribution in [2.45, 2.75) is 17.4 Å². The van der Waals surface area contributed by atoms with E-state index >= 15 is 0 Å². The molecule has 0 fully saturated rings. The van der Waals surface area contributed by atoms with Crippen LogP contribution in [0, 0.1) is 5.82 Å². The van der Waals surface area contributed by atoms with Crippen LogP contribution in [0.2, 0.25) is 0 Å². The highest BCUT2D eigenvalue weighted by atomic mass is 32.2. The van der Waals surface area contributed by atoms with Gasteiger partial charge in [-0.3, -0.25) is 0 Å². The maximum absolute atomic E-state index is 13.3. The van der Waals surface area contributed by atoms with Crippen LogP contribution in [0.1, 0.15) is 22.6 Å². The molecule has 1 unspecified atom stereocenters. The molecule has 0 saturated heterocycles. The number of rotatable bonds is 3. The summed E-state index contributed by atoms with van der Waals surface area (Å²) in [6, 6.07) is 22.6. The Balaban J connectivity index is 1.78. The van der Waals surface area contributed by atoms with Gasteiger partial charge in [0.2, 0.25) is 10.0 Å². The third-order valence-corrected chi connectivity index (χ3v) is 6.64. The van der Waals surface area contributed by atoms with E-state index in [1.807, 2.05) is 24.3 Å². The Morgan fingerprint density at radius 3 is 2.23 bits per heavy atom. The van der Waals surface area contributed by atoms with Crippen molar-refractivity contribution in [1.29, 1.82) is 0 Å². The molecular weight excluding hydrogens is 349 g/mol. The van der Waals surface area contributed by atoms with Crippen molar-refractivity contribution in [2.75, 3.05) is 6.54 Å². The molecule has 0 aliphatic carbocycles. The minimum Gasteiger partial charge on any atom is -0.207 e. The monoisotopic (exact) mass is 367 g/mol. The van der Waals surface area contributed by atoms with Crippen LogP contribution >= 0.6 is 0 Å². The Kier molecular flexibility index (Phi) is 4.34. The molecule has 1 atom stereocenters. The summed E-state index contributed by atoms with van der Waals surface area (Å²) in [6.07, 6.45) is 0. The third-order valence-electron chi connectivity index (χ3n) is 4.82. The maximum Gasteiger partial charge on any atom is 0.243 e. The SMILES string of the molecule is O=S(=O)(c1ccccc1)N1Cc2ccccc2C(c2ccc(F)cc2)C1. The molecule has 1 aliphatic rings. The van der Waals surface area contributed by atoms with Crippen LogP contribution < -0.4 is 0 Å². The highest BCUT2D eigenvalue weighted by Crippen LogP contribution is 2.35. The Labute approximate surface area is 152 Å². The molecule has 0 aromatic heterocycles. The predicted molar refractivity (Wildman–Crippen MR) is 98.7 cm³/mol.